The molecule has 0 bridgehead atoms. The van der Waals surface area contributed by atoms with Crippen LogP contribution < -0.4 is 15.5 Å². The number of rotatable bonds is 9. The lowest BCUT2D eigenvalue weighted by molar-refractivity contribution is -0.123. The minimum Gasteiger partial charge on any atom is -0.369 e. The van der Waals surface area contributed by atoms with Crippen LogP contribution in [0.2, 0.25) is 10.0 Å². The zero-order valence-electron chi connectivity index (χ0n) is 19.2. The number of anilines is 1. The third kappa shape index (κ3) is 7.63. The maximum absolute atomic E-state index is 12.9. The fourth-order valence-corrected chi connectivity index (χ4v) is 4.44. The average molecular weight is 491 g/mol. The normalized spacial score (nSPS) is 15.4. The van der Waals surface area contributed by atoms with Gasteiger partial charge >= 0.3 is 0 Å². The van der Waals surface area contributed by atoms with Gasteiger partial charge in [-0.2, -0.15) is 0 Å². The van der Waals surface area contributed by atoms with Gasteiger partial charge in [0.25, 0.3) is 5.91 Å². The Balaban J connectivity index is 1.47. The molecule has 6 nitrogen and oxygen atoms in total. The summed E-state index contributed by atoms with van der Waals surface area (Å²) in [7, 11) is 0. The molecule has 0 spiro atoms. The number of hydrogen-bond acceptors (Lipinski definition) is 4. The Morgan fingerprint density at radius 2 is 1.70 bits per heavy atom. The van der Waals surface area contributed by atoms with E-state index in [1.54, 1.807) is 12.1 Å². The van der Waals surface area contributed by atoms with E-state index in [9.17, 15) is 9.59 Å². The van der Waals surface area contributed by atoms with Crippen LogP contribution in [0.4, 0.5) is 5.69 Å². The van der Waals surface area contributed by atoms with Crippen LogP contribution in [0.3, 0.4) is 0 Å². The van der Waals surface area contributed by atoms with E-state index in [1.807, 2.05) is 19.9 Å². The molecule has 1 fully saturated rings. The van der Waals surface area contributed by atoms with Crippen molar-refractivity contribution in [3.05, 3.63) is 64.1 Å². The lowest BCUT2D eigenvalue weighted by Gasteiger charge is -2.36. The molecule has 2 amide bonds. The van der Waals surface area contributed by atoms with Crippen LogP contribution in [-0.2, 0) is 4.79 Å². The minimum absolute atomic E-state index is 0.176. The summed E-state index contributed by atoms with van der Waals surface area (Å²) in [6.45, 7) is 9.19. The zero-order valence-corrected chi connectivity index (χ0v) is 20.7. The minimum atomic E-state index is -0.626. The molecule has 178 valence electrons. The van der Waals surface area contributed by atoms with Crippen molar-refractivity contribution in [1.29, 1.82) is 0 Å². The van der Waals surface area contributed by atoms with Gasteiger partial charge in [-0.25, -0.2) is 0 Å². The molecular weight excluding hydrogens is 459 g/mol. The van der Waals surface area contributed by atoms with Crippen LogP contribution >= 0.6 is 23.2 Å². The summed E-state index contributed by atoms with van der Waals surface area (Å²) in [4.78, 5) is 30.3. The highest BCUT2D eigenvalue weighted by Crippen LogP contribution is 2.21. The van der Waals surface area contributed by atoms with Crippen LogP contribution in [0.5, 0.6) is 0 Å². The number of carbonyl (C=O) groups excluding carboxylic acids is 2. The third-order valence-electron chi connectivity index (χ3n) is 5.73. The smallest absolute Gasteiger partial charge is 0.253 e. The predicted octanol–water partition coefficient (Wildman–Crippen LogP) is 4.08. The molecule has 3 rings (SSSR count). The first kappa shape index (κ1) is 25.3. The van der Waals surface area contributed by atoms with Gasteiger partial charge in [0.1, 0.15) is 6.04 Å². The lowest BCUT2D eigenvalue weighted by Crippen LogP contribution is -2.51. The predicted molar refractivity (Wildman–Crippen MR) is 135 cm³/mol. The molecule has 2 N–H and O–H groups in total. The van der Waals surface area contributed by atoms with E-state index in [4.69, 9.17) is 23.2 Å². The quantitative estimate of drug-likeness (QED) is 0.555. The van der Waals surface area contributed by atoms with E-state index < -0.39 is 6.04 Å². The van der Waals surface area contributed by atoms with Gasteiger partial charge in [0.2, 0.25) is 5.91 Å². The number of nitrogens with zero attached hydrogens (tertiary/aromatic N) is 2. The second-order valence-corrected chi connectivity index (χ2v) is 9.58. The van der Waals surface area contributed by atoms with Crippen molar-refractivity contribution >= 4 is 40.7 Å². The molecule has 1 aliphatic rings. The first-order valence-electron chi connectivity index (χ1n) is 11.4. The van der Waals surface area contributed by atoms with Crippen molar-refractivity contribution in [3.8, 4) is 0 Å². The Hall–Kier alpha value is -2.28. The first-order chi connectivity index (χ1) is 15.8. The van der Waals surface area contributed by atoms with Crippen molar-refractivity contribution in [1.82, 2.24) is 15.5 Å². The number of carbonyl (C=O) groups is 2. The van der Waals surface area contributed by atoms with Crippen molar-refractivity contribution < 1.29 is 9.59 Å². The van der Waals surface area contributed by atoms with Crippen LogP contribution in [0.1, 0.15) is 30.6 Å². The summed E-state index contributed by atoms with van der Waals surface area (Å²) in [5.41, 5.74) is 1.55. The molecule has 33 heavy (non-hydrogen) atoms. The lowest BCUT2D eigenvalue weighted by atomic mass is 10.0. The largest absolute Gasteiger partial charge is 0.369 e. The Morgan fingerprint density at radius 3 is 2.33 bits per heavy atom. The monoisotopic (exact) mass is 490 g/mol. The molecule has 1 heterocycles. The van der Waals surface area contributed by atoms with E-state index >= 15 is 0 Å². The number of halogens is 2. The van der Waals surface area contributed by atoms with Gasteiger partial charge in [-0.1, -0.05) is 55.2 Å². The topological polar surface area (TPSA) is 64.7 Å². The number of para-hydroxylation sites is 1. The van der Waals surface area contributed by atoms with Crippen LogP contribution in [0.25, 0.3) is 0 Å². The first-order valence-corrected chi connectivity index (χ1v) is 12.1. The number of hydrogen-bond donors (Lipinski definition) is 2. The fourth-order valence-electron chi connectivity index (χ4n) is 3.94. The molecule has 1 saturated heterocycles. The van der Waals surface area contributed by atoms with Gasteiger partial charge in [-0.3, -0.25) is 14.5 Å². The van der Waals surface area contributed by atoms with Gasteiger partial charge in [0.05, 0.1) is 10.6 Å². The second-order valence-electron chi connectivity index (χ2n) is 8.74. The Morgan fingerprint density at radius 1 is 1.00 bits per heavy atom. The zero-order chi connectivity index (χ0) is 23.8. The van der Waals surface area contributed by atoms with Gasteiger partial charge in [-0.05, 0) is 42.7 Å². The summed E-state index contributed by atoms with van der Waals surface area (Å²) in [6, 6.07) is 14.5. The van der Waals surface area contributed by atoms with Crippen molar-refractivity contribution in [3.63, 3.8) is 0 Å². The van der Waals surface area contributed by atoms with Crippen molar-refractivity contribution in [2.45, 2.75) is 26.3 Å². The van der Waals surface area contributed by atoms with Gasteiger partial charge in [0, 0.05) is 50.0 Å². The molecule has 2 aromatic rings. The summed E-state index contributed by atoms with van der Waals surface area (Å²) in [5.74, 6) is -0.313. The Bertz CT molecular complexity index is 931. The summed E-state index contributed by atoms with van der Waals surface area (Å²) < 4.78 is 0. The number of amides is 2. The van der Waals surface area contributed by atoms with Crippen LogP contribution in [-0.4, -0.2) is 62.0 Å². The van der Waals surface area contributed by atoms with Crippen LogP contribution in [0, 0.1) is 5.92 Å². The van der Waals surface area contributed by atoms with E-state index in [-0.39, 0.29) is 22.8 Å². The molecule has 1 unspecified atom stereocenters. The van der Waals surface area contributed by atoms with Crippen LogP contribution in [0.15, 0.2) is 48.5 Å². The number of piperazine rings is 1. The number of nitrogens with one attached hydrogen (secondary N) is 2. The standard InChI is InChI=1S/C25H32Cl2N4O2/c1-18(2)16-23(29-24(32)21-9-8-19(26)17-22(21)27)25(33)28-10-11-30-12-14-31(15-13-30)20-6-4-3-5-7-20/h3-9,17-18,23H,10-16H2,1-2H3,(H,28,33)(H,29,32). The molecule has 0 saturated carbocycles. The van der Waals surface area contributed by atoms with Crippen molar-refractivity contribution in [2.24, 2.45) is 5.92 Å². The summed E-state index contributed by atoms with van der Waals surface area (Å²) in [5, 5.41) is 6.55. The highest BCUT2D eigenvalue weighted by Gasteiger charge is 2.24. The summed E-state index contributed by atoms with van der Waals surface area (Å²) in [6.07, 6.45) is 0.540. The second kappa shape index (κ2) is 12.3. The molecular formula is C25H32Cl2N4O2. The maximum Gasteiger partial charge on any atom is 0.253 e. The molecule has 1 aliphatic heterocycles. The molecule has 0 aromatic heterocycles. The Labute approximate surface area is 206 Å². The van der Waals surface area contributed by atoms with E-state index in [1.165, 1.54) is 11.8 Å². The highest BCUT2D eigenvalue weighted by atomic mass is 35.5. The van der Waals surface area contributed by atoms with Gasteiger partial charge in [0.15, 0.2) is 0 Å². The average Bonchev–Trinajstić information content (AvgIpc) is 2.79. The van der Waals surface area contributed by atoms with E-state index in [0.29, 0.717) is 23.6 Å². The molecule has 0 radical (unpaired) electrons. The molecule has 2 aromatic carbocycles. The summed E-state index contributed by atoms with van der Waals surface area (Å²) >= 11 is 12.1. The fraction of sp³-hybridized carbons (Fsp3) is 0.440. The molecule has 0 aliphatic carbocycles. The number of benzene rings is 2. The maximum atomic E-state index is 12.9. The van der Waals surface area contributed by atoms with Gasteiger partial charge < -0.3 is 15.5 Å². The third-order valence-corrected chi connectivity index (χ3v) is 6.27. The van der Waals surface area contributed by atoms with E-state index in [0.717, 1.165) is 32.7 Å². The van der Waals surface area contributed by atoms with Gasteiger partial charge in [-0.15, -0.1) is 0 Å². The highest BCUT2D eigenvalue weighted by molar-refractivity contribution is 6.36. The van der Waals surface area contributed by atoms with Crippen molar-refractivity contribution in [2.75, 3.05) is 44.2 Å². The molecule has 8 heteroatoms. The Kier molecular flexibility index (Phi) is 9.41. The SMILES string of the molecule is CC(C)CC(NC(=O)c1ccc(Cl)cc1Cl)C(=O)NCCN1CCN(c2ccccc2)CC1. The van der Waals surface area contributed by atoms with E-state index in [2.05, 4.69) is 44.7 Å². The molecule has 1 atom stereocenters.